The van der Waals surface area contributed by atoms with E-state index in [-0.39, 0.29) is 17.0 Å². The van der Waals surface area contributed by atoms with Gasteiger partial charge < -0.3 is 4.74 Å². The van der Waals surface area contributed by atoms with Gasteiger partial charge in [0.15, 0.2) is 6.10 Å². The van der Waals surface area contributed by atoms with Crippen molar-refractivity contribution in [1.82, 2.24) is 0 Å². The van der Waals surface area contributed by atoms with Gasteiger partial charge in [-0.25, -0.2) is 13.2 Å². The first-order valence-corrected chi connectivity index (χ1v) is 10.6. The number of nitrogens with one attached hydrogen (secondary N) is 1. The van der Waals surface area contributed by atoms with E-state index in [2.05, 4.69) is 4.72 Å². The molecule has 1 aliphatic rings. The largest absolute Gasteiger partial charge is 0.451 e. The normalized spacial score (nSPS) is 14.3. The van der Waals surface area contributed by atoms with E-state index in [4.69, 9.17) is 4.74 Å². The van der Waals surface area contributed by atoms with Crippen LogP contribution < -0.4 is 4.72 Å². The predicted molar refractivity (Wildman–Crippen MR) is 103 cm³/mol. The number of Topliss-reactive ketones (excluding diaryl/α,β-unsaturated/α-hetero) is 1. The molecule has 1 atom stereocenters. The highest BCUT2D eigenvalue weighted by molar-refractivity contribution is 7.92. The van der Waals surface area contributed by atoms with Gasteiger partial charge in [-0.15, -0.1) is 0 Å². The number of hydrogen-bond donors (Lipinski definition) is 1. The minimum Gasteiger partial charge on any atom is -0.451 e. The minimum absolute atomic E-state index is 0.0523. The number of fused-ring (bicyclic) bond motifs is 1. The van der Waals surface area contributed by atoms with Crippen LogP contribution in [0.1, 0.15) is 45.2 Å². The van der Waals surface area contributed by atoms with Crippen LogP contribution in [0.3, 0.4) is 0 Å². The summed E-state index contributed by atoms with van der Waals surface area (Å²) in [4.78, 5) is 25.1. The molecule has 0 radical (unpaired) electrons. The average Bonchev–Trinajstić information content (AvgIpc) is 3.07. The van der Waals surface area contributed by atoms with Crippen molar-refractivity contribution in [3.05, 3.63) is 64.7 Å². The second-order valence-corrected chi connectivity index (χ2v) is 8.42. The number of para-hydroxylation sites is 1. The third kappa shape index (κ3) is 4.54. The smallest absolute Gasteiger partial charge is 0.340 e. The van der Waals surface area contributed by atoms with Crippen LogP contribution in [0.15, 0.2) is 42.5 Å². The van der Waals surface area contributed by atoms with Crippen molar-refractivity contribution in [2.24, 2.45) is 0 Å². The third-order valence-electron chi connectivity index (χ3n) is 4.48. The molecule has 7 heteroatoms. The molecular weight excluding hydrogens is 366 g/mol. The van der Waals surface area contributed by atoms with Gasteiger partial charge in [-0.2, -0.15) is 0 Å². The van der Waals surface area contributed by atoms with Crippen LogP contribution in [-0.2, 0) is 27.6 Å². The Bertz CT molecular complexity index is 997. The van der Waals surface area contributed by atoms with Gasteiger partial charge in [-0.3, -0.25) is 9.52 Å². The molecule has 1 aliphatic carbocycles. The highest BCUT2D eigenvalue weighted by Crippen LogP contribution is 2.24. The quantitative estimate of drug-likeness (QED) is 0.608. The molecule has 0 spiro atoms. The number of hydrogen-bond acceptors (Lipinski definition) is 5. The van der Waals surface area contributed by atoms with Gasteiger partial charge in [-0.1, -0.05) is 24.3 Å². The number of esters is 1. The monoisotopic (exact) mass is 387 g/mol. The van der Waals surface area contributed by atoms with E-state index in [1.807, 2.05) is 12.1 Å². The molecule has 0 unspecified atom stereocenters. The van der Waals surface area contributed by atoms with Crippen LogP contribution in [-0.4, -0.2) is 32.5 Å². The van der Waals surface area contributed by atoms with E-state index in [0.717, 1.165) is 25.5 Å². The van der Waals surface area contributed by atoms with E-state index in [9.17, 15) is 18.0 Å². The number of sulfonamides is 1. The number of benzene rings is 2. The molecule has 2 aromatic carbocycles. The van der Waals surface area contributed by atoms with E-state index >= 15 is 0 Å². The van der Waals surface area contributed by atoms with Gasteiger partial charge >= 0.3 is 5.97 Å². The zero-order chi connectivity index (χ0) is 19.6. The molecule has 6 nitrogen and oxygen atoms in total. The van der Waals surface area contributed by atoms with Crippen LogP contribution in [0.25, 0.3) is 0 Å². The lowest BCUT2D eigenvalue weighted by atomic mass is 10.0. The fourth-order valence-electron chi connectivity index (χ4n) is 3.19. The summed E-state index contributed by atoms with van der Waals surface area (Å²) in [5.41, 5.74) is 3.11. The summed E-state index contributed by atoms with van der Waals surface area (Å²) in [6.07, 6.45) is 3.08. The van der Waals surface area contributed by atoms with Gasteiger partial charge in [0.05, 0.1) is 17.5 Å². The molecule has 0 bridgehead atoms. The first-order valence-electron chi connectivity index (χ1n) is 8.68. The third-order valence-corrected chi connectivity index (χ3v) is 5.07. The van der Waals surface area contributed by atoms with Crippen molar-refractivity contribution < 1.29 is 22.7 Å². The Hall–Kier alpha value is -2.67. The van der Waals surface area contributed by atoms with Crippen molar-refractivity contribution in [3.8, 4) is 0 Å². The lowest BCUT2D eigenvalue weighted by Gasteiger charge is -2.15. The SMILES string of the molecule is C[C@@H](OC(=O)c1ccccc1NS(C)(=O)=O)C(=O)c1ccc2c(c1)CCC2. The van der Waals surface area contributed by atoms with Crippen molar-refractivity contribution in [1.29, 1.82) is 0 Å². The number of anilines is 1. The minimum atomic E-state index is -3.55. The zero-order valence-corrected chi connectivity index (χ0v) is 16.0. The lowest BCUT2D eigenvalue weighted by Crippen LogP contribution is -2.25. The van der Waals surface area contributed by atoms with Crippen LogP contribution >= 0.6 is 0 Å². The molecule has 0 saturated heterocycles. The second-order valence-electron chi connectivity index (χ2n) is 6.67. The molecule has 27 heavy (non-hydrogen) atoms. The number of rotatable bonds is 6. The van der Waals surface area contributed by atoms with Gasteiger partial charge in [-0.05, 0) is 55.5 Å². The fraction of sp³-hybridized carbons (Fsp3) is 0.300. The van der Waals surface area contributed by atoms with E-state index in [1.165, 1.54) is 30.2 Å². The maximum absolute atomic E-state index is 12.6. The van der Waals surface area contributed by atoms with Gasteiger partial charge in [0.2, 0.25) is 15.8 Å². The highest BCUT2D eigenvalue weighted by atomic mass is 32.2. The summed E-state index contributed by atoms with van der Waals surface area (Å²) in [5.74, 6) is -1.05. The van der Waals surface area contributed by atoms with Crippen LogP contribution in [0.4, 0.5) is 5.69 Å². The van der Waals surface area contributed by atoms with Crippen molar-refractivity contribution in [2.75, 3.05) is 11.0 Å². The molecule has 1 N–H and O–H groups in total. The summed E-state index contributed by atoms with van der Waals surface area (Å²) in [5, 5.41) is 0. The molecule has 2 aromatic rings. The summed E-state index contributed by atoms with van der Waals surface area (Å²) < 4.78 is 30.5. The van der Waals surface area contributed by atoms with E-state index in [0.29, 0.717) is 5.56 Å². The number of aryl methyl sites for hydroxylation is 2. The molecule has 0 saturated carbocycles. The Balaban J connectivity index is 1.75. The molecule has 0 fully saturated rings. The number of ketones is 1. The molecule has 0 aromatic heterocycles. The summed E-state index contributed by atoms with van der Waals surface area (Å²) >= 11 is 0. The van der Waals surface area contributed by atoms with Crippen molar-refractivity contribution in [3.63, 3.8) is 0 Å². The summed E-state index contributed by atoms with van der Waals surface area (Å²) in [6.45, 7) is 1.51. The number of carbonyl (C=O) groups excluding carboxylic acids is 2. The van der Waals surface area contributed by atoms with Gasteiger partial charge in [0.25, 0.3) is 0 Å². The standard InChI is InChI=1S/C20H21NO5S/c1-13(19(22)16-11-10-14-6-5-7-15(14)12-16)26-20(23)17-8-3-4-9-18(17)21-27(2,24)25/h3-4,8-13,21H,5-7H2,1-2H3/t13-/m1/s1. The molecule has 0 amide bonds. The molecular formula is C20H21NO5S. The Morgan fingerprint density at radius 1 is 1.07 bits per heavy atom. The fourth-order valence-corrected chi connectivity index (χ4v) is 3.76. The Labute approximate surface area is 158 Å². The number of ether oxygens (including phenoxy) is 1. The van der Waals surface area contributed by atoms with E-state index < -0.39 is 22.1 Å². The predicted octanol–water partition coefficient (Wildman–Crippen LogP) is 2.98. The van der Waals surface area contributed by atoms with Crippen molar-refractivity contribution in [2.45, 2.75) is 32.3 Å². The maximum Gasteiger partial charge on any atom is 0.340 e. The highest BCUT2D eigenvalue weighted by Gasteiger charge is 2.23. The van der Waals surface area contributed by atoms with Crippen LogP contribution in [0.2, 0.25) is 0 Å². The first-order chi connectivity index (χ1) is 12.7. The second kappa shape index (κ2) is 7.52. The lowest BCUT2D eigenvalue weighted by molar-refractivity contribution is 0.0320. The van der Waals surface area contributed by atoms with Gasteiger partial charge in [0, 0.05) is 5.56 Å². The maximum atomic E-state index is 12.6. The average molecular weight is 387 g/mol. The van der Waals surface area contributed by atoms with Crippen molar-refractivity contribution >= 4 is 27.5 Å². The van der Waals surface area contributed by atoms with Gasteiger partial charge in [0.1, 0.15) is 0 Å². The molecule has 3 rings (SSSR count). The first kappa shape index (κ1) is 19.1. The zero-order valence-electron chi connectivity index (χ0n) is 15.2. The molecule has 0 aliphatic heterocycles. The molecule has 142 valence electrons. The Morgan fingerprint density at radius 2 is 1.78 bits per heavy atom. The summed E-state index contributed by atoms with van der Waals surface area (Å²) in [7, 11) is -3.55. The van der Waals surface area contributed by atoms with Crippen LogP contribution in [0, 0.1) is 0 Å². The molecule has 0 heterocycles. The number of carbonyl (C=O) groups is 2. The summed E-state index contributed by atoms with van der Waals surface area (Å²) in [6, 6.07) is 11.7. The Morgan fingerprint density at radius 3 is 2.52 bits per heavy atom. The topological polar surface area (TPSA) is 89.5 Å². The Kier molecular flexibility index (Phi) is 5.32. The van der Waals surface area contributed by atoms with E-state index in [1.54, 1.807) is 18.2 Å². The van der Waals surface area contributed by atoms with Crippen LogP contribution in [0.5, 0.6) is 0 Å².